The molecule has 4 rings (SSSR count). The maximum Gasteiger partial charge on any atom is 0.218 e. The summed E-state index contributed by atoms with van der Waals surface area (Å²) >= 11 is 2.32. The number of aromatic nitrogens is 1. The highest BCUT2D eigenvalue weighted by molar-refractivity contribution is 14.1. The first-order valence-electron chi connectivity index (χ1n) is 17.4. The van der Waals surface area contributed by atoms with Crippen molar-refractivity contribution in [1.29, 1.82) is 0 Å². The van der Waals surface area contributed by atoms with E-state index in [-0.39, 0.29) is 54.4 Å². The quantitative estimate of drug-likeness (QED) is 0.136. The third-order valence-electron chi connectivity index (χ3n) is 11.2. The summed E-state index contributed by atoms with van der Waals surface area (Å²) in [4.78, 5) is 4.88. The molecule has 1 aromatic heterocycles. The van der Waals surface area contributed by atoms with Crippen molar-refractivity contribution in [2.75, 3.05) is 6.61 Å². The molecule has 9 heteroatoms. The fourth-order valence-electron chi connectivity index (χ4n) is 7.06. The highest BCUT2D eigenvalue weighted by Crippen LogP contribution is 2.43. The van der Waals surface area contributed by atoms with Crippen LogP contribution in [0.5, 0.6) is 0 Å². The minimum atomic E-state index is -2.00. The van der Waals surface area contributed by atoms with Gasteiger partial charge in [0, 0.05) is 19.4 Å². The number of aliphatic hydroxyl groups is 1. The molecule has 0 spiro atoms. The minimum Gasteiger partial charge on any atom is -0.445 e. The van der Waals surface area contributed by atoms with Gasteiger partial charge in [-0.2, -0.15) is 0 Å². The molecular weight excluding hydrogens is 709 g/mol. The van der Waals surface area contributed by atoms with Crippen molar-refractivity contribution < 1.29 is 28.2 Å². The molecule has 0 radical (unpaired) electrons. The van der Waals surface area contributed by atoms with E-state index in [2.05, 4.69) is 101 Å². The third kappa shape index (κ3) is 9.66. The molecule has 3 saturated heterocycles. The van der Waals surface area contributed by atoms with Gasteiger partial charge in [0.05, 0.1) is 36.6 Å². The Bertz CT molecular complexity index is 1210. The van der Waals surface area contributed by atoms with Gasteiger partial charge < -0.3 is 28.2 Å². The maximum absolute atomic E-state index is 9.50. The SMILES string of the molecule is C=C1C[C@H](C[C@@H]2C[C@@H](O[Si](C)(C)C(C)(C)C)C[C@H](c3coc(/C=C/C[C@H]4O[C@@H](/C(C)=C/I)[C@H](C)[C@@H](C)[C@H]4C)n3)O2)O[C@@H](CCO)C1. The van der Waals surface area contributed by atoms with Crippen molar-refractivity contribution in [1.82, 2.24) is 4.98 Å². The molecule has 3 aliphatic rings. The van der Waals surface area contributed by atoms with Crippen LogP contribution in [0.25, 0.3) is 6.08 Å². The van der Waals surface area contributed by atoms with E-state index in [1.54, 1.807) is 6.26 Å². The number of hydrogen-bond donors (Lipinski definition) is 1. The second-order valence-electron chi connectivity index (χ2n) is 15.8. The van der Waals surface area contributed by atoms with Crippen molar-refractivity contribution in [2.45, 2.75) is 154 Å². The van der Waals surface area contributed by atoms with Crippen LogP contribution >= 0.6 is 22.6 Å². The molecule has 3 aliphatic heterocycles. The lowest BCUT2D eigenvalue weighted by Crippen LogP contribution is -2.47. The molecule has 3 fully saturated rings. The molecule has 7 nitrogen and oxygen atoms in total. The third-order valence-corrected chi connectivity index (χ3v) is 16.7. The van der Waals surface area contributed by atoms with Crippen molar-refractivity contribution in [2.24, 2.45) is 17.8 Å². The molecule has 4 heterocycles. The van der Waals surface area contributed by atoms with Crippen molar-refractivity contribution >= 4 is 37.0 Å². The highest BCUT2D eigenvalue weighted by atomic mass is 127. The first kappa shape index (κ1) is 38.0. The summed E-state index contributed by atoms with van der Waals surface area (Å²) in [7, 11) is -2.00. The Hall–Kier alpha value is -0.823. The van der Waals surface area contributed by atoms with E-state index in [4.69, 9.17) is 28.0 Å². The fourth-order valence-corrected chi connectivity index (χ4v) is 8.79. The highest BCUT2D eigenvalue weighted by Gasteiger charge is 2.43. The van der Waals surface area contributed by atoms with Crippen molar-refractivity contribution in [3.05, 3.63) is 45.7 Å². The van der Waals surface area contributed by atoms with Gasteiger partial charge in [0.15, 0.2) is 8.32 Å². The summed E-state index contributed by atoms with van der Waals surface area (Å²) in [5.41, 5.74) is 3.30. The van der Waals surface area contributed by atoms with Crippen LogP contribution in [0, 0.1) is 17.8 Å². The van der Waals surface area contributed by atoms with E-state index in [1.165, 1.54) is 11.1 Å². The predicted octanol–water partition coefficient (Wildman–Crippen LogP) is 9.58. The van der Waals surface area contributed by atoms with E-state index < -0.39 is 8.32 Å². The van der Waals surface area contributed by atoms with Gasteiger partial charge in [0.1, 0.15) is 18.1 Å². The largest absolute Gasteiger partial charge is 0.445 e. The van der Waals surface area contributed by atoms with Crippen molar-refractivity contribution in [3.63, 3.8) is 0 Å². The lowest BCUT2D eigenvalue weighted by Gasteiger charge is -2.44. The van der Waals surface area contributed by atoms with Crippen LogP contribution in [0.15, 0.2) is 38.6 Å². The lowest BCUT2D eigenvalue weighted by atomic mass is 9.74. The summed E-state index contributed by atoms with van der Waals surface area (Å²) < 4.78 is 34.8. The number of nitrogens with zero attached hydrogens (tertiary/aromatic N) is 1. The molecule has 0 unspecified atom stereocenters. The van der Waals surface area contributed by atoms with Crippen LogP contribution < -0.4 is 0 Å². The second kappa shape index (κ2) is 16.3. The number of hydrogen-bond acceptors (Lipinski definition) is 7. The first-order chi connectivity index (χ1) is 21.6. The van der Waals surface area contributed by atoms with Gasteiger partial charge in [-0.05, 0) is 90.6 Å². The van der Waals surface area contributed by atoms with E-state index >= 15 is 0 Å². The molecule has 0 amide bonds. The van der Waals surface area contributed by atoms with E-state index in [0.29, 0.717) is 30.1 Å². The summed E-state index contributed by atoms with van der Waals surface area (Å²) in [6, 6.07) is 0. The molecule has 46 heavy (non-hydrogen) atoms. The topological polar surface area (TPSA) is 83.2 Å². The average molecular weight is 770 g/mol. The Labute approximate surface area is 293 Å². The summed E-state index contributed by atoms with van der Waals surface area (Å²) in [6.45, 7) is 25.0. The Kier molecular flexibility index (Phi) is 13.4. The predicted molar refractivity (Wildman–Crippen MR) is 196 cm³/mol. The van der Waals surface area contributed by atoms with Gasteiger partial charge in [0.25, 0.3) is 0 Å². The van der Waals surface area contributed by atoms with Crippen molar-refractivity contribution in [3.8, 4) is 0 Å². The molecule has 0 bridgehead atoms. The summed E-state index contributed by atoms with van der Waals surface area (Å²) in [5.74, 6) is 2.12. The normalized spacial score (nSPS) is 35.2. The van der Waals surface area contributed by atoms with Gasteiger partial charge in [-0.1, -0.05) is 82.4 Å². The zero-order valence-electron chi connectivity index (χ0n) is 29.8. The second-order valence-corrected chi connectivity index (χ2v) is 21.2. The Morgan fingerprint density at radius 3 is 2.46 bits per heavy atom. The zero-order valence-corrected chi connectivity index (χ0v) is 32.9. The molecule has 0 aromatic carbocycles. The van der Waals surface area contributed by atoms with Gasteiger partial charge in [-0.15, -0.1) is 0 Å². The van der Waals surface area contributed by atoms with Gasteiger partial charge >= 0.3 is 0 Å². The fraction of sp³-hybridized carbons (Fsp3) is 0.757. The molecule has 1 N–H and O–H groups in total. The standard InChI is InChI=1S/C37H60INO6Si/c1-23-16-28(14-15-40)42-29(17-23)18-30-19-31(45-46(9,10)37(6,7)8)20-34(43-30)32-22-41-35(39-32)13-11-12-33-26(4)25(3)27(5)36(44-33)24(2)21-38/h11,13,21-22,25-31,33-34,36,40H,1,12,14-20H2,2-10H3/b13-11+,24-21+/t25-,26+,27+,28-,29+,30+,31+,33+,34+,36-/m0/s1. The van der Waals surface area contributed by atoms with Crippen LogP contribution in [0.3, 0.4) is 0 Å². The van der Waals surface area contributed by atoms with E-state index in [1.807, 2.05) is 6.08 Å². The number of ether oxygens (including phenoxy) is 3. The number of aliphatic hydroxyl groups excluding tert-OH is 1. The van der Waals surface area contributed by atoms with Crippen LogP contribution in [-0.2, 0) is 18.6 Å². The lowest BCUT2D eigenvalue weighted by molar-refractivity contribution is -0.126. The molecule has 10 atom stereocenters. The minimum absolute atomic E-state index is 0.0195. The van der Waals surface area contributed by atoms with Gasteiger partial charge in [0.2, 0.25) is 5.89 Å². The zero-order chi connectivity index (χ0) is 33.8. The van der Waals surface area contributed by atoms with E-state index in [0.717, 1.165) is 44.2 Å². The monoisotopic (exact) mass is 769 g/mol. The maximum atomic E-state index is 9.50. The molecule has 0 saturated carbocycles. The Morgan fingerprint density at radius 2 is 1.78 bits per heavy atom. The first-order valence-corrected chi connectivity index (χ1v) is 21.6. The summed E-state index contributed by atoms with van der Waals surface area (Å²) in [5, 5.41) is 9.61. The number of oxazole rings is 1. The molecular formula is C37H60INO6Si. The number of halogens is 1. The molecule has 1 aromatic rings. The van der Waals surface area contributed by atoms with Crippen LogP contribution in [0.1, 0.15) is 111 Å². The van der Waals surface area contributed by atoms with Gasteiger partial charge in [-0.3, -0.25) is 0 Å². The van der Waals surface area contributed by atoms with E-state index in [9.17, 15) is 5.11 Å². The average Bonchev–Trinajstić information content (AvgIpc) is 3.45. The Balaban J connectivity index is 1.45. The van der Waals surface area contributed by atoms with Crippen LogP contribution in [0.2, 0.25) is 18.1 Å². The van der Waals surface area contributed by atoms with Crippen LogP contribution in [0.4, 0.5) is 0 Å². The smallest absolute Gasteiger partial charge is 0.218 e. The van der Waals surface area contributed by atoms with Gasteiger partial charge in [-0.25, -0.2) is 4.98 Å². The molecule has 0 aliphatic carbocycles. The Morgan fingerprint density at radius 1 is 1.07 bits per heavy atom. The summed E-state index contributed by atoms with van der Waals surface area (Å²) in [6.07, 6.45) is 11.5. The molecule has 260 valence electrons. The van der Waals surface area contributed by atoms with Crippen LogP contribution in [-0.4, -0.2) is 61.6 Å². The number of rotatable bonds is 11.